The van der Waals surface area contributed by atoms with E-state index in [0.29, 0.717) is 34.4 Å². The lowest BCUT2D eigenvalue weighted by Gasteiger charge is -2.09. The summed E-state index contributed by atoms with van der Waals surface area (Å²) in [6.45, 7) is 1.89. The Balaban J connectivity index is 1.95. The zero-order valence-corrected chi connectivity index (χ0v) is 17.7. The lowest BCUT2D eigenvalue weighted by Crippen LogP contribution is -2.13. The molecule has 0 amide bonds. The van der Waals surface area contributed by atoms with Gasteiger partial charge in [0, 0.05) is 22.6 Å². The summed E-state index contributed by atoms with van der Waals surface area (Å²) in [5.41, 5.74) is 3.51. The van der Waals surface area contributed by atoms with Crippen molar-refractivity contribution >= 4 is 21.6 Å². The molecule has 0 bridgehead atoms. The van der Waals surface area contributed by atoms with Crippen molar-refractivity contribution in [3.63, 3.8) is 0 Å². The molecule has 0 saturated carbocycles. The summed E-state index contributed by atoms with van der Waals surface area (Å²) in [5, 5.41) is 6.05. The molecular formula is C23H19ClN2O3S. The van der Waals surface area contributed by atoms with Crippen LogP contribution in [0.1, 0.15) is 17.0 Å². The lowest BCUT2D eigenvalue weighted by atomic mass is 10.0. The van der Waals surface area contributed by atoms with Crippen molar-refractivity contribution in [2.75, 3.05) is 0 Å². The molecule has 1 aromatic heterocycles. The molecule has 3 aromatic carbocycles. The molecule has 0 radical (unpaired) electrons. The first kappa shape index (κ1) is 20.3. The Morgan fingerprint density at radius 2 is 1.60 bits per heavy atom. The van der Waals surface area contributed by atoms with Crippen LogP contribution in [0, 0.1) is 6.92 Å². The highest BCUT2D eigenvalue weighted by atomic mass is 35.5. The van der Waals surface area contributed by atoms with Crippen molar-refractivity contribution in [3.8, 4) is 22.6 Å². The maximum absolute atomic E-state index is 12.2. The molecule has 4 rings (SSSR count). The van der Waals surface area contributed by atoms with Gasteiger partial charge in [-0.2, -0.15) is 0 Å². The van der Waals surface area contributed by atoms with Crippen molar-refractivity contribution in [2.45, 2.75) is 18.2 Å². The van der Waals surface area contributed by atoms with Gasteiger partial charge in [0.05, 0.1) is 4.90 Å². The Bertz CT molecular complexity index is 1320. The van der Waals surface area contributed by atoms with Crippen LogP contribution < -0.4 is 5.14 Å². The number of aromatic nitrogens is 1. The van der Waals surface area contributed by atoms with Gasteiger partial charge >= 0.3 is 0 Å². The minimum Gasteiger partial charge on any atom is -0.440 e. The minimum absolute atomic E-state index is 0.0201. The van der Waals surface area contributed by atoms with E-state index in [-0.39, 0.29) is 4.90 Å². The molecule has 0 spiro atoms. The summed E-state index contributed by atoms with van der Waals surface area (Å²) in [6, 6.07) is 21.8. The van der Waals surface area contributed by atoms with Crippen LogP contribution in [0.25, 0.3) is 22.6 Å². The van der Waals surface area contributed by atoms with Gasteiger partial charge in [-0.1, -0.05) is 66.2 Å². The molecule has 0 aliphatic heterocycles. The number of primary sulfonamides is 1. The van der Waals surface area contributed by atoms with E-state index >= 15 is 0 Å². The number of rotatable bonds is 5. The van der Waals surface area contributed by atoms with Gasteiger partial charge in [0.1, 0.15) is 5.69 Å². The van der Waals surface area contributed by atoms with E-state index in [1.54, 1.807) is 24.3 Å². The third-order valence-electron chi connectivity index (χ3n) is 4.83. The van der Waals surface area contributed by atoms with Crippen molar-refractivity contribution in [1.29, 1.82) is 0 Å². The summed E-state index contributed by atoms with van der Waals surface area (Å²) >= 11 is 6.33. The van der Waals surface area contributed by atoms with Gasteiger partial charge in [-0.3, -0.25) is 0 Å². The van der Waals surface area contributed by atoms with E-state index in [2.05, 4.69) is 0 Å². The molecule has 152 valence electrons. The fraction of sp³-hybridized carbons (Fsp3) is 0.0870. The number of benzene rings is 3. The number of halogens is 1. The minimum atomic E-state index is -3.96. The van der Waals surface area contributed by atoms with Crippen molar-refractivity contribution in [3.05, 3.63) is 94.8 Å². The third kappa shape index (κ3) is 4.03. The van der Waals surface area contributed by atoms with Crippen LogP contribution >= 0.6 is 11.6 Å². The molecular weight excluding hydrogens is 420 g/mol. The lowest BCUT2D eigenvalue weighted by molar-refractivity contribution is 0.518. The van der Waals surface area contributed by atoms with Gasteiger partial charge in [0.25, 0.3) is 0 Å². The van der Waals surface area contributed by atoms with Crippen LogP contribution in [0.4, 0.5) is 0 Å². The van der Waals surface area contributed by atoms with E-state index in [1.807, 2.05) is 49.4 Å². The quantitative estimate of drug-likeness (QED) is 0.463. The summed E-state index contributed by atoms with van der Waals surface area (Å²) in [7, 11) is -3.96. The van der Waals surface area contributed by atoms with Crippen LogP contribution in [-0.4, -0.2) is 13.4 Å². The smallest absolute Gasteiger partial charge is 0.238 e. The molecule has 0 atom stereocenters. The predicted octanol–water partition coefficient (Wildman–Crippen LogP) is 5.21. The first-order valence-electron chi connectivity index (χ1n) is 9.26. The second-order valence-electron chi connectivity index (χ2n) is 6.90. The third-order valence-corrected chi connectivity index (χ3v) is 6.21. The summed E-state index contributed by atoms with van der Waals surface area (Å²) in [5.74, 6) is 0.811. The molecule has 7 heteroatoms. The van der Waals surface area contributed by atoms with Gasteiger partial charge in [0.2, 0.25) is 10.0 Å². The topological polar surface area (TPSA) is 86.2 Å². The highest BCUT2D eigenvalue weighted by molar-refractivity contribution is 7.89. The van der Waals surface area contributed by atoms with E-state index in [4.69, 9.17) is 26.1 Å². The van der Waals surface area contributed by atoms with Gasteiger partial charge in [-0.15, -0.1) is 0 Å². The molecule has 0 fully saturated rings. The number of hydrogen-bond donors (Lipinski definition) is 1. The molecule has 2 N–H and O–H groups in total. The fourth-order valence-electron chi connectivity index (χ4n) is 3.34. The molecule has 0 aliphatic rings. The van der Waals surface area contributed by atoms with Gasteiger partial charge in [-0.05, 0) is 36.2 Å². The van der Waals surface area contributed by atoms with E-state index < -0.39 is 10.0 Å². The zero-order valence-electron chi connectivity index (χ0n) is 16.2. The molecule has 5 nitrogen and oxygen atoms in total. The number of nitrogens with zero attached hydrogens (tertiary/aromatic N) is 1. The first-order valence-corrected chi connectivity index (χ1v) is 11.2. The fourth-order valence-corrected chi connectivity index (χ4v) is 4.25. The second-order valence-corrected chi connectivity index (χ2v) is 8.84. The van der Waals surface area contributed by atoms with Crippen LogP contribution in [0.15, 0.2) is 82.1 Å². The normalized spacial score (nSPS) is 11.6. The van der Waals surface area contributed by atoms with Crippen molar-refractivity contribution < 1.29 is 12.8 Å². The number of sulfonamides is 1. The van der Waals surface area contributed by atoms with Gasteiger partial charge < -0.3 is 4.42 Å². The van der Waals surface area contributed by atoms with Crippen LogP contribution in [0.5, 0.6) is 0 Å². The molecule has 1 heterocycles. The van der Waals surface area contributed by atoms with Gasteiger partial charge in [-0.25, -0.2) is 18.5 Å². The largest absolute Gasteiger partial charge is 0.440 e. The molecule has 4 aromatic rings. The summed E-state index contributed by atoms with van der Waals surface area (Å²) < 4.78 is 30.5. The molecule has 0 unspecified atom stereocenters. The second kappa shape index (κ2) is 8.07. The number of oxazole rings is 1. The monoisotopic (exact) mass is 438 g/mol. The summed E-state index contributed by atoms with van der Waals surface area (Å²) in [4.78, 5) is 4.70. The molecule has 0 saturated heterocycles. The van der Waals surface area contributed by atoms with E-state index in [0.717, 1.165) is 16.7 Å². The summed E-state index contributed by atoms with van der Waals surface area (Å²) in [6.07, 6.45) is 0.463. The SMILES string of the molecule is Cc1c(Cl)cccc1-c1nc(Cc2ccccc2)oc1-c1ccccc1S(N)(=O)=O. The Kier molecular flexibility index (Phi) is 5.47. The maximum Gasteiger partial charge on any atom is 0.238 e. The van der Waals surface area contributed by atoms with Crippen molar-refractivity contribution in [1.82, 2.24) is 4.98 Å². The molecule has 30 heavy (non-hydrogen) atoms. The Morgan fingerprint density at radius 3 is 2.33 bits per heavy atom. The standard InChI is InChI=1S/C23H19ClN2O3S/c1-15-17(11-7-12-19(15)24)22-23(18-10-5-6-13-20(18)30(25,27)28)29-21(26-22)14-16-8-3-2-4-9-16/h2-13H,14H2,1H3,(H2,25,27,28). The number of nitrogens with two attached hydrogens (primary N) is 1. The van der Waals surface area contributed by atoms with Crippen LogP contribution in [0.2, 0.25) is 5.02 Å². The number of hydrogen-bond acceptors (Lipinski definition) is 4. The van der Waals surface area contributed by atoms with Crippen molar-refractivity contribution in [2.24, 2.45) is 5.14 Å². The van der Waals surface area contributed by atoms with Crippen LogP contribution in [0.3, 0.4) is 0 Å². The maximum atomic E-state index is 12.2. The average Bonchev–Trinajstić information content (AvgIpc) is 3.13. The average molecular weight is 439 g/mol. The van der Waals surface area contributed by atoms with Gasteiger partial charge in [0.15, 0.2) is 11.7 Å². The Hall–Kier alpha value is -2.93. The van der Waals surface area contributed by atoms with E-state index in [1.165, 1.54) is 6.07 Å². The zero-order chi connectivity index (χ0) is 21.3. The Labute approximate surface area is 180 Å². The first-order chi connectivity index (χ1) is 14.3. The highest BCUT2D eigenvalue weighted by Gasteiger charge is 2.24. The highest BCUT2D eigenvalue weighted by Crippen LogP contribution is 2.38. The predicted molar refractivity (Wildman–Crippen MR) is 118 cm³/mol. The van der Waals surface area contributed by atoms with E-state index in [9.17, 15) is 8.42 Å². The van der Waals surface area contributed by atoms with Crippen LogP contribution in [-0.2, 0) is 16.4 Å². The molecule has 0 aliphatic carbocycles. The Morgan fingerprint density at radius 1 is 0.933 bits per heavy atom.